The smallest absolute Gasteiger partial charge is 0.167 e. The minimum Gasteiger partial charge on any atom is -0.319 e. The van der Waals surface area contributed by atoms with E-state index in [1.807, 2.05) is 13.8 Å². The number of carbonyl (C=O) groups is 1. The molecule has 17 heavy (non-hydrogen) atoms. The second-order valence-electron chi connectivity index (χ2n) is 4.40. The van der Waals surface area contributed by atoms with E-state index < -0.39 is 11.6 Å². The van der Waals surface area contributed by atoms with Gasteiger partial charge in [-0.05, 0) is 31.2 Å². The van der Waals surface area contributed by atoms with Crippen LogP contribution in [0.2, 0.25) is 0 Å². The molecule has 1 aromatic rings. The van der Waals surface area contributed by atoms with Crippen LogP contribution in [0.15, 0.2) is 18.2 Å². The zero-order valence-electron chi connectivity index (χ0n) is 10.3. The molecule has 0 heterocycles. The third-order valence-electron chi connectivity index (χ3n) is 2.77. The van der Waals surface area contributed by atoms with E-state index in [2.05, 4.69) is 5.32 Å². The fraction of sp³-hybridized carbons (Fsp3) is 0.462. The van der Waals surface area contributed by atoms with E-state index in [-0.39, 0.29) is 23.2 Å². The van der Waals surface area contributed by atoms with Crippen LogP contribution >= 0.6 is 0 Å². The number of nitrogens with one attached hydrogen (secondary N) is 1. The van der Waals surface area contributed by atoms with Crippen molar-refractivity contribution < 1.29 is 13.6 Å². The van der Waals surface area contributed by atoms with Gasteiger partial charge in [0.1, 0.15) is 0 Å². The van der Waals surface area contributed by atoms with Gasteiger partial charge >= 0.3 is 0 Å². The number of benzene rings is 1. The first-order valence-corrected chi connectivity index (χ1v) is 5.61. The minimum absolute atomic E-state index is 0.142. The van der Waals surface area contributed by atoms with Crippen molar-refractivity contribution in [3.05, 3.63) is 35.4 Å². The Morgan fingerprint density at radius 3 is 2.41 bits per heavy atom. The normalized spacial score (nSPS) is 12.8. The molecule has 0 fully saturated rings. The first-order valence-electron chi connectivity index (χ1n) is 5.61. The highest BCUT2D eigenvalue weighted by Gasteiger charge is 2.23. The average Bonchev–Trinajstić information content (AvgIpc) is 2.28. The summed E-state index contributed by atoms with van der Waals surface area (Å²) in [5.41, 5.74) is 0.220. The fourth-order valence-corrected chi connectivity index (χ4v) is 1.71. The van der Waals surface area contributed by atoms with Crippen molar-refractivity contribution in [1.29, 1.82) is 0 Å². The molecular weight excluding hydrogens is 224 g/mol. The number of ketones is 1. The molecule has 0 amide bonds. The summed E-state index contributed by atoms with van der Waals surface area (Å²) in [7, 11) is 1.76. The van der Waals surface area contributed by atoms with Crippen LogP contribution in [-0.2, 0) is 0 Å². The summed E-state index contributed by atoms with van der Waals surface area (Å²) >= 11 is 0. The first kappa shape index (κ1) is 13.8. The standard InChI is InChI=1S/C13H17F2NO/c1-8(2)10(7-16-3)13(17)9-4-5-11(14)12(15)6-9/h4-6,8,10,16H,7H2,1-3H3. The lowest BCUT2D eigenvalue weighted by molar-refractivity contribution is 0.0885. The van der Waals surface area contributed by atoms with E-state index in [0.717, 1.165) is 12.1 Å². The van der Waals surface area contributed by atoms with E-state index in [0.29, 0.717) is 6.54 Å². The highest BCUT2D eigenvalue weighted by molar-refractivity contribution is 5.98. The van der Waals surface area contributed by atoms with Gasteiger partial charge in [-0.3, -0.25) is 4.79 Å². The maximum Gasteiger partial charge on any atom is 0.167 e. The fourth-order valence-electron chi connectivity index (χ4n) is 1.71. The van der Waals surface area contributed by atoms with E-state index >= 15 is 0 Å². The second-order valence-corrected chi connectivity index (χ2v) is 4.40. The Hall–Kier alpha value is -1.29. The Kier molecular flexibility index (Phi) is 4.75. The van der Waals surface area contributed by atoms with Crippen molar-refractivity contribution in [3.8, 4) is 0 Å². The summed E-state index contributed by atoms with van der Waals surface area (Å²) in [6.45, 7) is 4.38. The van der Waals surface area contributed by atoms with E-state index in [4.69, 9.17) is 0 Å². The molecule has 0 saturated heterocycles. The van der Waals surface area contributed by atoms with Crippen LogP contribution in [0.1, 0.15) is 24.2 Å². The van der Waals surface area contributed by atoms with Crippen LogP contribution in [-0.4, -0.2) is 19.4 Å². The molecule has 1 unspecified atom stereocenters. The van der Waals surface area contributed by atoms with Gasteiger partial charge < -0.3 is 5.32 Å². The number of hydrogen-bond acceptors (Lipinski definition) is 2. The van der Waals surface area contributed by atoms with Gasteiger partial charge in [-0.25, -0.2) is 8.78 Å². The van der Waals surface area contributed by atoms with Crippen LogP contribution in [0, 0.1) is 23.5 Å². The molecule has 0 spiro atoms. The summed E-state index contributed by atoms with van der Waals surface area (Å²) < 4.78 is 25.8. The van der Waals surface area contributed by atoms with Crippen LogP contribution in [0.4, 0.5) is 8.78 Å². The van der Waals surface area contributed by atoms with Crippen LogP contribution < -0.4 is 5.32 Å². The maximum atomic E-state index is 13.0. The number of hydrogen-bond donors (Lipinski definition) is 1. The third kappa shape index (κ3) is 3.33. The SMILES string of the molecule is CNCC(C(=O)c1ccc(F)c(F)c1)C(C)C. The highest BCUT2D eigenvalue weighted by atomic mass is 19.2. The topological polar surface area (TPSA) is 29.1 Å². The second kappa shape index (κ2) is 5.87. The van der Waals surface area contributed by atoms with E-state index in [1.165, 1.54) is 6.07 Å². The van der Waals surface area contributed by atoms with E-state index in [1.54, 1.807) is 7.05 Å². The molecular formula is C13H17F2NO. The summed E-state index contributed by atoms with van der Waals surface area (Å²) in [5.74, 6) is -2.17. The minimum atomic E-state index is -0.984. The van der Waals surface area contributed by atoms with Crippen molar-refractivity contribution in [2.45, 2.75) is 13.8 Å². The van der Waals surface area contributed by atoms with Crippen molar-refractivity contribution in [3.63, 3.8) is 0 Å². The zero-order chi connectivity index (χ0) is 13.0. The Morgan fingerprint density at radius 2 is 1.94 bits per heavy atom. The quantitative estimate of drug-likeness (QED) is 0.803. The molecule has 4 heteroatoms. The van der Waals surface area contributed by atoms with E-state index in [9.17, 15) is 13.6 Å². The molecule has 0 aliphatic carbocycles. The molecule has 1 N–H and O–H groups in total. The first-order chi connectivity index (χ1) is 7.97. The van der Waals surface area contributed by atoms with Crippen molar-refractivity contribution in [2.75, 3.05) is 13.6 Å². The Balaban J connectivity index is 2.97. The van der Waals surface area contributed by atoms with Gasteiger partial charge in [0.05, 0.1) is 0 Å². The lowest BCUT2D eigenvalue weighted by atomic mass is 9.88. The van der Waals surface area contributed by atoms with Crippen LogP contribution in [0.25, 0.3) is 0 Å². The molecule has 94 valence electrons. The van der Waals surface area contributed by atoms with Crippen molar-refractivity contribution in [2.24, 2.45) is 11.8 Å². The monoisotopic (exact) mass is 241 g/mol. The Bertz CT molecular complexity index is 404. The van der Waals surface area contributed by atoms with Crippen molar-refractivity contribution in [1.82, 2.24) is 5.32 Å². The predicted molar refractivity (Wildman–Crippen MR) is 62.9 cm³/mol. The highest BCUT2D eigenvalue weighted by Crippen LogP contribution is 2.18. The third-order valence-corrected chi connectivity index (χ3v) is 2.77. The molecule has 0 saturated carbocycles. The lowest BCUT2D eigenvalue weighted by Crippen LogP contribution is -2.30. The van der Waals surface area contributed by atoms with Crippen LogP contribution in [0.5, 0.6) is 0 Å². The molecule has 0 aliphatic heterocycles. The molecule has 0 aliphatic rings. The molecule has 2 nitrogen and oxygen atoms in total. The van der Waals surface area contributed by atoms with Gasteiger partial charge in [0, 0.05) is 18.0 Å². The Morgan fingerprint density at radius 1 is 1.29 bits per heavy atom. The molecule has 1 rings (SSSR count). The van der Waals surface area contributed by atoms with Gasteiger partial charge in [0.15, 0.2) is 17.4 Å². The molecule has 1 atom stereocenters. The van der Waals surface area contributed by atoms with Crippen LogP contribution in [0.3, 0.4) is 0 Å². The molecule has 0 radical (unpaired) electrons. The zero-order valence-corrected chi connectivity index (χ0v) is 10.3. The van der Waals surface area contributed by atoms with Gasteiger partial charge in [0.25, 0.3) is 0 Å². The van der Waals surface area contributed by atoms with Gasteiger partial charge in [0.2, 0.25) is 0 Å². The molecule has 1 aromatic carbocycles. The van der Waals surface area contributed by atoms with Gasteiger partial charge in [-0.15, -0.1) is 0 Å². The van der Waals surface area contributed by atoms with Gasteiger partial charge in [-0.1, -0.05) is 13.8 Å². The summed E-state index contributed by atoms with van der Waals surface area (Å²) in [6.07, 6.45) is 0. The number of carbonyl (C=O) groups excluding carboxylic acids is 1. The van der Waals surface area contributed by atoms with Crippen molar-refractivity contribution >= 4 is 5.78 Å². The Labute approximate surface area is 100 Å². The summed E-state index contributed by atoms with van der Waals surface area (Å²) in [6, 6.07) is 3.27. The lowest BCUT2D eigenvalue weighted by Gasteiger charge is -2.19. The average molecular weight is 241 g/mol. The summed E-state index contributed by atoms with van der Waals surface area (Å²) in [5, 5.41) is 2.94. The number of rotatable bonds is 5. The summed E-state index contributed by atoms with van der Waals surface area (Å²) in [4.78, 5) is 12.1. The largest absolute Gasteiger partial charge is 0.319 e. The predicted octanol–water partition coefficient (Wildman–Crippen LogP) is 2.64. The number of Topliss-reactive ketones (excluding diaryl/α,β-unsaturated/α-hetero) is 1. The van der Waals surface area contributed by atoms with Gasteiger partial charge in [-0.2, -0.15) is 0 Å². The number of halogens is 2. The molecule has 0 aromatic heterocycles. The maximum absolute atomic E-state index is 13.0. The molecule has 0 bridgehead atoms.